The standard InChI is InChI=1S/C12H14F5NO/c1-8-2-3-10(11(13,14)12(15,16)17)9(6-8)7-18-4-5-19/h2-3,6,18-19H,4-5,7H2,1H3. The summed E-state index contributed by atoms with van der Waals surface area (Å²) in [6, 6.07) is 3.28. The Labute approximate surface area is 107 Å². The molecule has 0 radical (unpaired) electrons. The highest BCUT2D eigenvalue weighted by Gasteiger charge is 2.59. The van der Waals surface area contributed by atoms with Gasteiger partial charge in [0.1, 0.15) is 0 Å². The van der Waals surface area contributed by atoms with Gasteiger partial charge in [-0.15, -0.1) is 0 Å². The predicted octanol–water partition coefficient (Wildman–Crippen LogP) is 2.73. The van der Waals surface area contributed by atoms with Gasteiger partial charge in [0.2, 0.25) is 0 Å². The third-order valence-corrected chi connectivity index (χ3v) is 2.56. The van der Waals surface area contributed by atoms with Crippen molar-refractivity contribution in [3.05, 3.63) is 34.9 Å². The molecule has 0 atom stereocenters. The van der Waals surface area contributed by atoms with Crippen LogP contribution in [0.25, 0.3) is 0 Å². The molecule has 0 aliphatic rings. The van der Waals surface area contributed by atoms with E-state index in [1.54, 1.807) is 6.92 Å². The van der Waals surface area contributed by atoms with E-state index in [9.17, 15) is 22.0 Å². The first kappa shape index (κ1) is 15.8. The van der Waals surface area contributed by atoms with Gasteiger partial charge < -0.3 is 10.4 Å². The molecule has 0 saturated carbocycles. The first-order valence-electron chi connectivity index (χ1n) is 5.56. The monoisotopic (exact) mass is 283 g/mol. The summed E-state index contributed by atoms with van der Waals surface area (Å²) in [5.41, 5.74) is -0.602. The van der Waals surface area contributed by atoms with E-state index in [1.807, 2.05) is 0 Å². The van der Waals surface area contributed by atoms with E-state index in [1.165, 1.54) is 12.1 Å². The number of nitrogens with one attached hydrogen (secondary N) is 1. The molecule has 0 aliphatic carbocycles. The van der Waals surface area contributed by atoms with Crippen LogP contribution in [0.15, 0.2) is 18.2 Å². The Morgan fingerprint density at radius 2 is 1.79 bits per heavy atom. The molecule has 108 valence electrons. The molecular formula is C12H14F5NO. The topological polar surface area (TPSA) is 32.3 Å². The van der Waals surface area contributed by atoms with Crippen molar-refractivity contribution in [2.45, 2.75) is 25.6 Å². The van der Waals surface area contributed by atoms with Crippen LogP contribution < -0.4 is 5.32 Å². The van der Waals surface area contributed by atoms with Gasteiger partial charge >= 0.3 is 12.1 Å². The quantitative estimate of drug-likeness (QED) is 0.643. The number of aryl methyl sites for hydroxylation is 1. The number of hydrogen-bond donors (Lipinski definition) is 2. The molecule has 1 rings (SSSR count). The number of rotatable bonds is 5. The summed E-state index contributed by atoms with van der Waals surface area (Å²) in [5, 5.41) is 11.2. The average Bonchev–Trinajstić information content (AvgIpc) is 2.27. The molecular weight excluding hydrogens is 269 g/mol. The van der Waals surface area contributed by atoms with Crippen LogP contribution in [-0.2, 0) is 12.5 Å². The zero-order chi connectivity index (χ0) is 14.7. The molecule has 2 N–H and O–H groups in total. The maximum atomic E-state index is 13.4. The lowest BCUT2D eigenvalue weighted by atomic mass is 9.98. The molecule has 0 aromatic heterocycles. The van der Waals surface area contributed by atoms with Gasteiger partial charge in [0.25, 0.3) is 0 Å². The lowest BCUT2D eigenvalue weighted by Crippen LogP contribution is -2.35. The normalized spacial score (nSPS) is 12.8. The predicted molar refractivity (Wildman–Crippen MR) is 59.9 cm³/mol. The second-order valence-corrected chi connectivity index (χ2v) is 4.13. The lowest BCUT2D eigenvalue weighted by molar-refractivity contribution is -0.289. The molecule has 0 aliphatic heterocycles. The van der Waals surface area contributed by atoms with E-state index in [4.69, 9.17) is 5.11 Å². The van der Waals surface area contributed by atoms with Crippen LogP contribution >= 0.6 is 0 Å². The molecule has 0 amide bonds. The number of alkyl halides is 5. The molecule has 2 nitrogen and oxygen atoms in total. The maximum absolute atomic E-state index is 13.4. The number of aliphatic hydroxyl groups is 1. The highest BCUT2D eigenvalue weighted by Crippen LogP contribution is 2.45. The molecule has 1 aromatic rings. The van der Waals surface area contributed by atoms with Crippen molar-refractivity contribution >= 4 is 0 Å². The number of benzene rings is 1. The second kappa shape index (κ2) is 5.83. The number of halogens is 5. The molecule has 0 bridgehead atoms. The van der Waals surface area contributed by atoms with E-state index >= 15 is 0 Å². The smallest absolute Gasteiger partial charge is 0.395 e. The lowest BCUT2D eigenvalue weighted by Gasteiger charge is -2.23. The molecule has 0 saturated heterocycles. The minimum atomic E-state index is -5.63. The van der Waals surface area contributed by atoms with E-state index in [0.29, 0.717) is 5.56 Å². The van der Waals surface area contributed by atoms with Crippen molar-refractivity contribution in [1.29, 1.82) is 0 Å². The summed E-state index contributed by atoms with van der Waals surface area (Å²) < 4.78 is 63.9. The van der Waals surface area contributed by atoms with Gasteiger partial charge in [0.15, 0.2) is 0 Å². The fraction of sp³-hybridized carbons (Fsp3) is 0.500. The minimum absolute atomic E-state index is 0.116. The van der Waals surface area contributed by atoms with Gasteiger partial charge in [-0.3, -0.25) is 0 Å². The summed E-state index contributed by atoms with van der Waals surface area (Å²) in [4.78, 5) is 0. The SMILES string of the molecule is Cc1ccc(C(F)(F)C(F)(F)F)c(CNCCO)c1. The molecule has 0 heterocycles. The second-order valence-electron chi connectivity index (χ2n) is 4.13. The van der Waals surface area contributed by atoms with Gasteiger partial charge in [0.05, 0.1) is 6.61 Å². The number of hydrogen-bond acceptors (Lipinski definition) is 2. The van der Waals surface area contributed by atoms with Crippen LogP contribution in [0.3, 0.4) is 0 Å². The zero-order valence-electron chi connectivity index (χ0n) is 10.2. The van der Waals surface area contributed by atoms with Crippen molar-refractivity contribution in [2.24, 2.45) is 0 Å². The fourth-order valence-corrected chi connectivity index (χ4v) is 1.63. The Hall–Kier alpha value is -1.21. The summed E-state index contributed by atoms with van der Waals surface area (Å²) >= 11 is 0. The fourth-order valence-electron chi connectivity index (χ4n) is 1.63. The largest absolute Gasteiger partial charge is 0.458 e. The van der Waals surface area contributed by atoms with Crippen molar-refractivity contribution in [3.63, 3.8) is 0 Å². The highest BCUT2D eigenvalue weighted by molar-refractivity contribution is 5.35. The van der Waals surface area contributed by atoms with Crippen LogP contribution in [0.1, 0.15) is 16.7 Å². The van der Waals surface area contributed by atoms with E-state index in [0.717, 1.165) is 6.07 Å². The van der Waals surface area contributed by atoms with Gasteiger partial charge in [0, 0.05) is 18.7 Å². The van der Waals surface area contributed by atoms with Gasteiger partial charge in [-0.25, -0.2) is 0 Å². The van der Waals surface area contributed by atoms with Gasteiger partial charge in [-0.05, 0) is 12.5 Å². The van der Waals surface area contributed by atoms with Crippen LogP contribution in [0, 0.1) is 6.92 Å². The van der Waals surface area contributed by atoms with Crippen LogP contribution in [0.4, 0.5) is 22.0 Å². The minimum Gasteiger partial charge on any atom is -0.395 e. The van der Waals surface area contributed by atoms with Gasteiger partial charge in [-0.1, -0.05) is 23.8 Å². The Balaban J connectivity index is 3.12. The van der Waals surface area contributed by atoms with E-state index in [2.05, 4.69) is 5.32 Å². The average molecular weight is 283 g/mol. The molecule has 19 heavy (non-hydrogen) atoms. The van der Waals surface area contributed by atoms with Crippen molar-refractivity contribution < 1.29 is 27.1 Å². The van der Waals surface area contributed by atoms with Crippen LogP contribution in [0.5, 0.6) is 0 Å². The van der Waals surface area contributed by atoms with E-state index in [-0.39, 0.29) is 25.3 Å². The van der Waals surface area contributed by atoms with Crippen LogP contribution in [-0.4, -0.2) is 24.4 Å². The molecule has 0 unspecified atom stereocenters. The van der Waals surface area contributed by atoms with E-state index < -0.39 is 17.7 Å². The summed E-state index contributed by atoms with van der Waals surface area (Å²) in [6.07, 6.45) is -5.63. The molecule has 0 fully saturated rings. The first-order chi connectivity index (χ1) is 8.70. The first-order valence-corrected chi connectivity index (χ1v) is 5.56. The summed E-state index contributed by atoms with van der Waals surface area (Å²) in [5.74, 6) is -4.89. The maximum Gasteiger partial charge on any atom is 0.458 e. The van der Waals surface area contributed by atoms with Crippen molar-refractivity contribution in [1.82, 2.24) is 5.32 Å². The van der Waals surface area contributed by atoms with Gasteiger partial charge in [-0.2, -0.15) is 22.0 Å². The summed E-state index contributed by atoms with van der Waals surface area (Å²) in [6.45, 7) is 1.33. The Morgan fingerprint density at radius 3 is 2.32 bits per heavy atom. The Bertz CT molecular complexity index is 431. The molecule has 7 heteroatoms. The highest BCUT2D eigenvalue weighted by atomic mass is 19.4. The molecule has 0 spiro atoms. The number of aliphatic hydroxyl groups excluding tert-OH is 1. The third-order valence-electron chi connectivity index (χ3n) is 2.56. The summed E-state index contributed by atoms with van der Waals surface area (Å²) in [7, 11) is 0. The third kappa shape index (κ3) is 3.63. The van der Waals surface area contributed by atoms with Crippen LogP contribution in [0.2, 0.25) is 0 Å². The molecule has 1 aromatic carbocycles. The Morgan fingerprint density at radius 1 is 1.16 bits per heavy atom. The zero-order valence-corrected chi connectivity index (χ0v) is 10.2. The van der Waals surface area contributed by atoms with Crippen molar-refractivity contribution in [3.8, 4) is 0 Å². The Kier molecular flexibility index (Phi) is 4.86. The van der Waals surface area contributed by atoms with Crippen molar-refractivity contribution in [2.75, 3.05) is 13.2 Å².